The van der Waals surface area contributed by atoms with E-state index in [1.807, 2.05) is 55.1 Å². The van der Waals surface area contributed by atoms with Gasteiger partial charge in [-0.2, -0.15) is 5.10 Å². The molecule has 0 unspecified atom stereocenters. The summed E-state index contributed by atoms with van der Waals surface area (Å²) in [6, 6.07) is 9.76. The SMILES string of the molecule is CC(C)n1cc(Nc2ccnc(-c3ccc(N4CC(C)(C)NC4=O)cc3)n2)cn1. The summed E-state index contributed by atoms with van der Waals surface area (Å²) in [5, 5.41) is 10.6. The zero-order valence-electron chi connectivity index (χ0n) is 17.0. The van der Waals surface area contributed by atoms with Crippen LogP contribution in [0.1, 0.15) is 33.7 Å². The number of hydrogen-bond acceptors (Lipinski definition) is 5. The van der Waals surface area contributed by atoms with Crippen LogP contribution in [0.2, 0.25) is 0 Å². The minimum Gasteiger partial charge on any atom is -0.338 e. The van der Waals surface area contributed by atoms with E-state index in [1.165, 1.54) is 0 Å². The van der Waals surface area contributed by atoms with Gasteiger partial charge in [0.05, 0.1) is 24.0 Å². The Labute approximate surface area is 170 Å². The van der Waals surface area contributed by atoms with Crippen LogP contribution in [0.3, 0.4) is 0 Å². The normalized spacial score (nSPS) is 15.6. The largest absolute Gasteiger partial charge is 0.338 e. The molecule has 2 N–H and O–H groups in total. The fourth-order valence-electron chi connectivity index (χ4n) is 3.26. The molecule has 0 aliphatic carbocycles. The summed E-state index contributed by atoms with van der Waals surface area (Å²) in [7, 11) is 0. The third-order valence-corrected chi connectivity index (χ3v) is 4.74. The van der Waals surface area contributed by atoms with E-state index >= 15 is 0 Å². The Morgan fingerprint density at radius 2 is 1.93 bits per heavy atom. The van der Waals surface area contributed by atoms with Gasteiger partial charge in [-0.05, 0) is 58.0 Å². The average molecular weight is 391 g/mol. The fraction of sp³-hybridized carbons (Fsp3) is 0.333. The topological polar surface area (TPSA) is 88.0 Å². The number of aromatic nitrogens is 4. The number of benzene rings is 1. The lowest BCUT2D eigenvalue weighted by Crippen LogP contribution is -2.36. The van der Waals surface area contributed by atoms with E-state index in [0.717, 1.165) is 16.9 Å². The van der Waals surface area contributed by atoms with Crippen LogP contribution in [0, 0.1) is 0 Å². The Balaban J connectivity index is 1.51. The molecule has 4 rings (SSSR count). The molecule has 3 aromatic rings. The molecule has 1 aliphatic rings. The molecule has 8 nitrogen and oxygen atoms in total. The van der Waals surface area contributed by atoms with Gasteiger partial charge in [-0.15, -0.1) is 0 Å². The molecule has 2 aromatic heterocycles. The van der Waals surface area contributed by atoms with Gasteiger partial charge < -0.3 is 10.6 Å². The van der Waals surface area contributed by atoms with Crippen LogP contribution in [0.15, 0.2) is 48.9 Å². The number of nitrogens with zero attached hydrogens (tertiary/aromatic N) is 5. The fourth-order valence-corrected chi connectivity index (χ4v) is 3.26. The van der Waals surface area contributed by atoms with Gasteiger partial charge in [0.2, 0.25) is 0 Å². The van der Waals surface area contributed by atoms with Crippen molar-refractivity contribution in [1.82, 2.24) is 25.1 Å². The number of carbonyl (C=O) groups excluding carboxylic acids is 1. The Kier molecular flexibility index (Phi) is 4.70. The zero-order chi connectivity index (χ0) is 20.6. The number of rotatable bonds is 5. The Morgan fingerprint density at radius 3 is 2.55 bits per heavy atom. The summed E-state index contributed by atoms with van der Waals surface area (Å²) in [5.41, 5.74) is 2.38. The molecule has 150 valence electrons. The third-order valence-electron chi connectivity index (χ3n) is 4.74. The lowest BCUT2D eigenvalue weighted by atomic mass is 10.1. The summed E-state index contributed by atoms with van der Waals surface area (Å²) in [4.78, 5) is 22.9. The Morgan fingerprint density at radius 1 is 1.17 bits per heavy atom. The molecule has 29 heavy (non-hydrogen) atoms. The Hall–Kier alpha value is -3.42. The van der Waals surface area contributed by atoms with E-state index < -0.39 is 0 Å². The molecule has 1 fully saturated rings. The minimum atomic E-state index is -0.234. The van der Waals surface area contributed by atoms with Crippen molar-refractivity contribution < 1.29 is 4.79 Å². The van der Waals surface area contributed by atoms with E-state index in [1.54, 1.807) is 17.3 Å². The van der Waals surface area contributed by atoms with Crippen LogP contribution < -0.4 is 15.5 Å². The number of urea groups is 1. The van der Waals surface area contributed by atoms with E-state index in [-0.39, 0.29) is 11.6 Å². The quantitative estimate of drug-likeness (QED) is 0.687. The summed E-state index contributed by atoms with van der Waals surface area (Å²) in [6.07, 6.45) is 5.45. The highest BCUT2D eigenvalue weighted by Gasteiger charge is 2.35. The maximum atomic E-state index is 12.2. The first-order valence-electron chi connectivity index (χ1n) is 9.65. The highest BCUT2D eigenvalue weighted by Crippen LogP contribution is 2.26. The molecule has 0 spiro atoms. The van der Waals surface area contributed by atoms with Crippen LogP contribution in [0.4, 0.5) is 22.0 Å². The molecular weight excluding hydrogens is 366 g/mol. The van der Waals surface area contributed by atoms with Gasteiger partial charge in [-0.25, -0.2) is 14.8 Å². The predicted octanol–water partition coefficient (Wildman–Crippen LogP) is 3.97. The van der Waals surface area contributed by atoms with Crippen LogP contribution in [-0.4, -0.2) is 37.9 Å². The molecule has 2 amide bonds. The number of amides is 2. The van der Waals surface area contributed by atoms with E-state index in [9.17, 15) is 4.79 Å². The van der Waals surface area contributed by atoms with Crippen molar-refractivity contribution in [2.75, 3.05) is 16.8 Å². The van der Waals surface area contributed by atoms with Crippen molar-refractivity contribution in [1.29, 1.82) is 0 Å². The summed E-state index contributed by atoms with van der Waals surface area (Å²) in [5.74, 6) is 1.31. The lowest BCUT2D eigenvalue weighted by Gasteiger charge is -2.18. The van der Waals surface area contributed by atoms with Crippen molar-refractivity contribution >= 4 is 23.2 Å². The highest BCUT2D eigenvalue weighted by molar-refractivity contribution is 5.95. The van der Waals surface area contributed by atoms with Gasteiger partial charge in [-0.3, -0.25) is 9.58 Å². The second-order valence-electron chi connectivity index (χ2n) is 8.14. The number of nitrogens with one attached hydrogen (secondary N) is 2. The zero-order valence-corrected chi connectivity index (χ0v) is 17.0. The predicted molar refractivity (Wildman–Crippen MR) is 113 cm³/mol. The highest BCUT2D eigenvalue weighted by atomic mass is 16.2. The molecule has 0 atom stereocenters. The van der Waals surface area contributed by atoms with Gasteiger partial charge in [0, 0.05) is 29.7 Å². The van der Waals surface area contributed by atoms with Gasteiger partial charge >= 0.3 is 6.03 Å². The van der Waals surface area contributed by atoms with E-state index in [0.29, 0.717) is 24.2 Å². The van der Waals surface area contributed by atoms with Crippen molar-refractivity contribution in [3.05, 3.63) is 48.9 Å². The first-order valence-corrected chi connectivity index (χ1v) is 9.65. The lowest BCUT2D eigenvalue weighted by molar-refractivity contribution is 0.249. The molecule has 3 heterocycles. The molecule has 8 heteroatoms. The molecule has 1 aromatic carbocycles. The summed E-state index contributed by atoms with van der Waals surface area (Å²) in [6.45, 7) is 8.81. The standard InChI is InChI=1S/C21H25N7O/c1-14(2)28-12-16(11-23-28)24-18-9-10-22-19(25-18)15-5-7-17(8-6-15)27-13-21(3,4)26-20(27)29/h5-12,14H,13H2,1-4H3,(H,26,29)(H,22,24,25). The van der Waals surface area contributed by atoms with Crippen LogP contribution in [0.25, 0.3) is 11.4 Å². The van der Waals surface area contributed by atoms with Crippen molar-refractivity contribution in [3.63, 3.8) is 0 Å². The third kappa shape index (κ3) is 4.06. The monoisotopic (exact) mass is 391 g/mol. The van der Waals surface area contributed by atoms with Crippen LogP contribution in [-0.2, 0) is 0 Å². The van der Waals surface area contributed by atoms with Gasteiger partial charge in [-0.1, -0.05) is 0 Å². The van der Waals surface area contributed by atoms with Crippen molar-refractivity contribution in [2.24, 2.45) is 0 Å². The molecule has 0 bridgehead atoms. The smallest absolute Gasteiger partial charge is 0.322 e. The average Bonchev–Trinajstić information content (AvgIpc) is 3.25. The minimum absolute atomic E-state index is 0.0767. The van der Waals surface area contributed by atoms with Gasteiger partial charge in [0.25, 0.3) is 0 Å². The van der Waals surface area contributed by atoms with Gasteiger partial charge in [0.15, 0.2) is 5.82 Å². The first kappa shape index (κ1) is 18.9. The molecule has 0 radical (unpaired) electrons. The molecule has 1 saturated heterocycles. The van der Waals surface area contributed by atoms with Crippen molar-refractivity contribution in [3.8, 4) is 11.4 Å². The Bertz CT molecular complexity index is 1020. The van der Waals surface area contributed by atoms with Gasteiger partial charge in [0.1, 0.15) is 5.82 Å². The molecular formula is C21H25N7O. The van der Waals surface area contributed by atoms with Crippen LogP contribution in [0.5, 0.6) is 0 Å². The summed E-state index contributed by atoms with van der Waals surface area (Å²) >= 11 is 0. The first-order chi connectivity index (χ1) is 13.8. The molecule has 0 saturated carbocycles. The number of hydrogen-bond donors (Lipinski definition) is 2. The van der Waals surface area contributed by atoms with E-state index in [2.05, 4.69) is 39.5 Å². The summed E-state index contributed by atoms with van der Waals surface area (Å²) < 4.78 is 1.89. The maximum Gasteiger partial charge on any atom is 0.322 e. The second-order valence-corrected chi connectivity index (χ2v) is 8.14. The number of carbonyl (C=O) groups is 1. The molecule has 1 aliphatic heterocycles. The maximum absolute atomic E-state index is 12.2. The van der Waals surface area contributed by atoms with Crippen LogP contribution >= 0.6 is 0 Å². The van der Waals surface area contributed by atoms with Crippen molar-refractivity contribution in [2.45, 2.75) is 39.3 Å². The second kappa shape index (κ2) is 7.20. The number of anilines is 3. The van der Waals surface area contributed by atoms with E-state index in [4.69, 9.17) is 0 Å².